The van der Waals surface area contributed by atoms with E-state index in [9.17, 15) is 4.79 Å². The first-order valence-electron chi connectivity index (χ1n) is 6.57. The Balaban J connectivity index is 1.70. The second-order valence-electron chi connectivity index (χ2n) is 4.55. The topological polar surface area (TPSA) is 64.1 Å². The number of carbonyl (C=O) groups is 1. The third-order valence-corrected chi connectivity index (χ3v) is 4.06. The highest BCUT2D eigenvalue weighted by Crippen LogP contribution is 2.24. The summed E-state index contributed by atoms with van der Waals surface area (Å²) in [6.07, 6.45) is 4.75. The van der Waals surface area contributed by atoms with Crippen LogP contribution in [0.1, 0.15) is 18.5 Å². The molecule has 104 valence electrons. The lowest BCUT2D eigenvalue weighted by atomic mass is 10.2. The molecule has 6 heteroatoms. The molecule has 20 heavy (non-hydrogen) atoms. The monoisotopic (exact) mass is 289 g/mol. The molecule has 0 aliphatic carbocycles. The summed E-state index contributed by atoms with van der Waals surface area (Å²) in [5, 5.41) is 4.88. The first kappa shape index (κ1) is 13.2. The maximum atomic E-state index is 11.9. The van der Waals surface area contributed by atoms with Crippen molar-refractivity contribution in [1.82, 2.24) is 15.3 Å². The number of hydrogen-bond donors (Lipinski definition) is 1. The van der Waals surface area contributed by atoms with Crippen LogP contribution in [0, 0.1) is 0 Å². The summed E-state index contributed by atoms with van der Waals surface area (Å²) in [4.78, 5) is 21.7. The fourth-order valence-corrected chi connectivity index (χ4v) is 2.93. The van der Waals surface area contributed by atoms with Gasteiger partial charge in [-0.05, 0) is 24.3 Å². The second-order valence-corrected chi connectivity index (χ2v) is 5.50. The van der Waals surface area contributed by atoms with E-state index < -0.39 is 0 Å². The molecule has 0 aromatic carbocycles. The minimum absolute atomic E-state index is 0.0646. The molecule has 0 radical (unpaired) electrons. The zero-order chi connectivity index (χ0) is 13.8. The van der Waals surface area contributed by atoms with Crippen LogP contribution in [0.4, 0.5) is 0 Å². The third-order valence-electron chi connectivity index (χ3n) is 3.18. The third kappa shape index (κ3) is 2.86. The predicted molar refractivity (Wildman–Crippen MR) is 76.2 cm³/mol. The number of amides is 1. The van der Waals surface area contributed by atoms with Gasteiger partial charge in [-0.15, -0.1) is 11.3 Å². The van der Waals surface area contributed by atoms with Crippen LogP contribution in [0.15, 0.2) is 29.9 Å². The number of ether oxygens (including phenoxy) is 1. The molecule has 0 bridgehead atoms. The number of nitrogens with zero attached hydrogens (tertiary/aromatic N) is 2. The van der Waals surface area contributed by atoms with Crippen LogP contribution in [0.25, 0.3) is 10.6 Å². The van der Waals surface area contributed by atoms with Gasteiger partial charge >= 0.3 is 0 Å². The zero-order valence-corrected chi connectivity index (χ0v) is 11.7. The van der Waals surface area contributed by atoms with E-state index in [1.165, 1.54) is 0 Å². The van der Waals surface area contributed by atoms with Gasteiger partial charge in [0.25, 0.3) is 0 Å². The Kier molecular flexibility index (Phi) is 4.03. The van der Waals surface area contributed by atoms with Crippen molar-refractivity contribution < 1.29 is 9.53 Å². The van der Waals surface area contributed by atoms with Crippen LogP contribution in [-0.4, -0.2) is 28.6 Å². The summed E-state index contributed by atoms with van der Waals surface area (Å²) in [5.41, 5.74) is 1.61. The Labute approximate surface area is 121 Å². The molecular formula is C14H15N3O2S. The van der Waals surface area contributed by atoms with Gasteiger partial charge in [-0.1, -0.05) is 6.07 Å². The average Bonchev–Trinajstić information content (AvgIpc) is 3.17. The maximum Gasteiger partial charge on any atom is 0.249 e. The fraction of sp³-hybridized carbons (Fsp3) is 0.357. The summed E-state index contributed by atoms with van der Waals surface area (Å²) >= 11 is 1.61. The van der Waals surface area contributed by atoms with Crippen molar-refractivity contribution in [2.45, 2.75) is 25.5 Å². The van der Waals surface area contributed by atoms with Gasteiger partial charge in [0, 0.05) is 19.0 Å². The molecule has 1 aliphatic rings. The molecule has 1 saturated heterocycles. The molecule has 3 rings (SSSR count). The second kappa shape index (κ2) is 6.11. The van der Waals surface area contributed by atoms with Crippen LogP contribution in [-0.2, 0) is 16.1 Å². The van der Waals surface area contributed by atoms with Crippen LogP contribution in [0.2, 0.25) is 0 Å². The molecule has 0 spiro atoms. The standard InChI is InChI=1S/C14H15N3O2S/c18-14(11-3-1-7-19-11)17-9-10-13(16-6-5-15-10)12-4-2-8-20-12/h2,4-6,8,11H,1,3,7,9H2,(H,17,18)/t11-/m0/s1. The number of thiophene rings is 1. The molecule has 5 nitrogen and oxygen atoms in total. The lowest BCUT2D eigenvalue weighted by Gasteiger charge is -2.11. The summed E-state index contributed by atoms with van der Waals surface area (Å²) in [6, 6.07) is 3.98. The van der Waals surface area contributed by atoms with Crippen molar-refractivity contribution >= 4 is 17.2 Å². The Morgan fingerprint density at radius 1 is 1.45 bits per heavy atom. The van der Waals surface area contributed by atoms with E-state index in [0.29, 0.717) is 13.2 Å². The summed E-state index contributed by atoms with van der Waals surface area (Å²) in [6.45, 7) is 1.05. The molecule has 1 fully saturated rings. The Morgan fingerprint density at radius 2 is 2.35 bits per heavy atom. The SMILES string of the molecule is O=C(NCc1nccnc1-c1cccs1)[C@@H]1CCCO1. The minimum Gasteiger partial charge on any atom is -0.368 e. The van der Waals surface area contributed by atoms with Gasteiger partial charge in [0.05, 0.1) is 17.1 Å². The van der Waals surface area contributed by atoms with E-state index in [2.05, 4.69) is 15.3 Å². The lowest BCUT2D eigenvalue weighted by molar-refractivity contribution is -0.130. The average molecular weight is 289 g/mol. The number of rotatable bonds is 4. The molecular weight excluding hydrogens is 274 g/mol. The number of nitrogens with one attached hydrogen (secondary N) is 1. The molecule has 2 aromatic heterocycles. The number of aromatic nitrogens is 2. The highest BCUT2D eigenvalue weighted by molar-refractivity contribution is 7.13. The minimum atomic E-state index is -0.308. The van der Waals surface area contributed by atoms with Gasteiger partial charge in [-0.3, -0.25) is 14.8 Å². The maximum absolute atomic E-state index is 11.9. The molecule has 3 heterocycles. The Hall–Kier alpha value is -1.79. The summed E-state index contributed by atoms with van der Waals surface area (Å²) in [7, 11) is 0. The van der Waals surface area contributed by atoms with Gasteiger partial charge in [0.15, 0.2) is 0 Å². The fourth-order valence-electron chi connectivity index (χ4n) is 2.18. The number of carbonyl (C=O) groups excluding carboxylic acids is 1. The largest absolute Gasteiger partial charge is 0.368 e. The van der Waals surface area contributed by atoms with E-state index >= 15 is 0 Å². The normalized spacial score (nSPS) is 18.1. The van der Waals surface area contributed by atoms with Crippen LogP contribution < -0.4 is 5.32 Å². The van der Waals surface area contributed by atoms with Gasteiger partial charge in [-0.2, -0.15) is 0 Å². The highest BCUT2D eigenvalue weighted by atomic mass is 32.1. The first-order valence-corrected chi connectivity index (χ1v) is 7.45. The summed E-state index contributed by atoms with van der Waals surface area (Å²) in [5.74, 6) is -0.0646. The molecule has 1 N–H and O–H groups in total. The molecule has 1 aliphatic heterocycles. The molecule has 1 atom stereocenters. The highest BCUT2D eigenvalue weighted by Gasteiger charge is 2.23. The van der Waals surface area contributed by atoms with Gasteiger partial charge < -0.3 is 10.1 Å². The Bertz CT molecular complexity index is 580. The zero-order valence-electron chi connectivity index (χ0n) is 10.9. The van der Waals surface area contributed by atoms with Gasteiger partial charge in [-0.25, -0.2) is 0 Å². The Morgan fingerprint density at radius 3 is 3.10 bits per heavy atom. The van der Waals surface area contributed by atoms with Crippen LogP contribution in [0.5, 0.6) is 0 Å². The molecule has 0 saturated carbocycles. The number of hydrogen-bond acceptors (Lipinski definition) is 5. The van der Waals surface area contributed by atoms with Crippen molar-refractivity contribution in [2.75, 3.05) is 6.61 Å². The van der Waals surface area contributed by atoms with E-state index in [1.807, 2.05) is 17.5 Å². The van der Waals surface area contributed by atoms with Gasteiger partial charge in [0.1, 0.15) is 11.8 Å². The van der Waals surface area contributed by atoms with Gasteiger partial charge in [0.2, 0.25) is 5.91 Å². The molecule has 2 aromatic rings. The van der Waals surface area contributed by atoms with E-state index in [4.69, 9.17) is 4.74 Å². The van der Waals surface area contributed by atoms with Crippen molar-refractivity contribution in [3.63, 3.8) is 0 Å². The van der Waals surface area contributed by atoms with Crippen molar-refractivity contribution in [3.05, 3.63) is 35.6 Å². The van der Waals surface area contributed by atoms with Crippen molar-refractivity contribution in [1.29, 1.82) is 0 Å². The van der Waals surface area contributed by atoms with E-state index in [1.54, 1.807) is 23.7 Å². The quantitative estimate of drug-likeness (QED) is 0.935. The summed E-state index contributed by atoms with van der Waals surface area (Å²) < 4.78 is 5.36. The van der Waals surface area contributed by atoms with Crippen molar-refractivity contribution in [2.24, 2.45) is 0 Å². The van der Waals surface area contributed by atoms with Crippen LogP contribution >= 0.6 is 11.3 Å². The predicted octanol–water partition coefficient (Wildman–Crippen LogP) is 2.00. The van der Waals surface area contributed by atoms with E-state index in [0.717, 1.165) is 29.1 Å². The van der Waals surface area contributed by atoms with Crippen molar-refractivity contribution in [3.8, 4) is 10.6 Å². The molecule has 1 amide bonds. The molecule has 0 unspecified atom stereocenters. The lowest BCUT2D eigenvalue weighted by Crippen LogP contribution is -2.34. The van der Waals surface area contributed by atoms with E-state index in [-0.39, 0.29) is 12.0 Å². The smallest absolute Gasteiger partial charge is 0.249 e. The first-order chi connectivity index (χ1) is 9.84. The van der Waals surface area contributed by atoms with Crippen LogP contribution in [0.3, 0.4) is 0 Å².